The number of hydrogen-bond donors (Lipinski definition) is 0. The van der Waals surface area contributed by atoms with Crippen molar-refractivity contribution in [3.8, 4) is 12.0 Å². The average molecular weight is 115 g/mol. The molecule has 0 atom stereocenters. The molecular formula is C5H13NSi. The summed E-state index contributed by atoms with van der Waals surface area (Å²) in [6.07, 6.45) is 4.66. The molecule has 1 nitrogen and oxygen atoms in total. The smallest absolute Gasteiger partial charge is 0.0902 e. The summed E-state index contributed by atoms with van der Waals surface area (Å²) in [6, 6.07) is 0. The number of hydrogen-bond acceptors (Lipinski definition) is 1. The van der Waals surface area contributed by atoms with Gasteiger partial charge in [-0.05, 0) is 21.1 Å². The minimum Gasteiger partial charge on any atom is -0.312 e. The Morgan fingerprint density at radius 1 is 1.43 bits per heavy atom. The molecule has 0 bridgehead atoms. The summed E-state index contributed by atoms with van der Waals surface area (Å²) in [5.41, 5.74) is 2.39. The van der Waals surface area contributed by atoms with Crippen LogP contribution >= 0.6 is 0 Å². The van der Waals surface area contributed by atoms with Crippen LogP contribution in [0.5, 0.6) is 0 Å². The molecule has 0 N–H and O–H groups in total. The molecule has 0 amide bonds. The van der Waals surface area contributed by atoms with Gasteiger partial charge >= 0.3 is 0 Å². The molecular weight excluding hydrogens is 102 g/mol. The van der Waals surface area contributed by atoms with E-state index in [1.54, 1.807) is 0 Å². The lowest BCUT2D eigenvalue weighted by atomic mass is 11.0. The van der Waals surface area contributed by atoms with Crippen molar-refractivity contribution in [3.63, 3.8) is 0 Å². The van der Waals surface area contributed by atoms with Crippen LogP contribution in [0.3, 0.4) is 0 Å². The lowest BCUT2D eigenvalue weighted by Crippen LogP contribution is -1.99. The molecule has 0 rings (SSSR count). The fraction of sp³-hybridized carbons (Fsp3) is 0.600. The van der Waals surface area contributed by atoms with Gasteiger partial charge in [-0.3, -0.25) is 0 Å². The van der Waals surface area contributed by atoms with Crippen LogP contribution in [0.1, 0.15) is 0 Å². The Labute approximate surface area is 49.1 Å². The molecule has 0 fully saturated rings. The van der Waals surface area contributed by atoms with E-state index in [2.05, 4.69) is 12.0 Å². The zero-order chi connectivity index (χ0) is 6.28. The highest BCUT2D eigenvalue weighted by Crippen LogP contribution is 1.47. The Balaban J connectivity index is 0. The molecule has 0 spiro atoms. The molecule has 2 heteroatoms. The normalized spacial score (nSPS) is 6.71. The Kier molecular flexibility index (Phi) is 13.0. The Morgan fingerprint density at radius 3 is 1.43 bits per heavy atom. The second-order valence-corrected chi connectivity index (χ2v) is 2.21. The van der Waals surface area contributed by atoms with Crippen molar-refractivity contribution in [2.24, 2.45) is 0 Å². The highest BCUT2D eigenvalue weighted by atomic mass is 28.1. The van der Waals surface area contributed by atoms with Gasteiger partial charge in [0.05, 0.1) is 10.2 Å². The van der Waals surface area contributed by atoms with Gasteiger partial charge in [-0.2, -0.15) is 0 Å². The molecule has 0 aromatic rings. The topological polar surface area (TPSA) is 3.24 Å². The van der Waals surface area contributed by atoms with Crippen LogP contribution in [-0.4, -0.2) is 36.3 Å². The van der Waals surface area contributed by atoms with Gasteiger partial charge in [-0.15, -0.1) is 12.0 Å². The van der Waals surface area contributed by atoms with Crippen molar-refractivity contribution in [1.29, 1.82) is 0 Å². The van der Waals surface area contributed by atoms with Gasteiger partial charge in [-0.25, -0.2) is 0 Å². The third-order valence-electron chi connectivity index (χ3n) is 0. The molecule has 0 saturated carbocycles. The van der Waals surface area contributed by atoms with Gasteiger partial charge in [0.15, 0.2) is 0 Å². The first-order valence-corrected chi connectivity index (χ1v) is 3.13. The Morgan fingerprint density at radius 2 is 1.43 bits per heavy atom. The third-order valence-corrected chi connectivity index (χ3v) is 0. The van der Waals surface area contributed by atoms with Gasteiger partial charge in [0.1, 0.15) is 0 Å². The second-order valence-electron chi connectivity index (χ2n) is 1.63. The summed E-state index contributed by atoms with van der Waals surface area (Å²) in [6.45, 7) is 0. The highest BCUT2D eigenvalue weighted by molar-refractivity contribution is 6.21. The first-order chi connectivity index (χ1) is 3.15. The number of rotatable bonds is 0. The molecule has 0 aliphatic heterocycles. The summed E-state index contributed by atoms with van der Waals surface area (Å²) in [5, 5.41) is 0. The van der Waals surface area contributed by atoms with Gasteiger partial charge in [-0.1, -0.05) is 0 Å². The fourth-order valence-corrected chi connectivity index (χ4v) is 0. The first kappa shape index (κ1) is 9.88. The van der Waals surface area contributed by atoms with Crippen molar-refractivity contribution >= 4 is 10.2 Å². The summed E-state index contributed by atoms with van der Waals surface area (Å²) >= 11 is 0. The van der Waals surface area contributed by atoms with Crippen LogP contribution in [-0.2, 0) is 0 Å². The Hall–Kier alpha value is -0.263. The van der Waals surface area contributed by atoms with Gasteiger partial charge in [0.25, 0.3) is 0 Å². The first-order valence-electron chi connectivity index (χ1n) is 2.13. The van der Waals surface area contributed by atoms with E-state index < -0.39 is 0 Å². The molecule has 0 heterocycles. The van der Waals surface area contributed by atoms with Gasteiger partial charge < -0.3 is 4.90 Å². The zero-order valence-corrected chi connectivity index (χ0v) is 7.52. The summed E-state index contributed by atoms with van der Waals surface area (Å²) in [7, 11) is 6.90. The van der Waals surface area contributed by atoms with Crippen molar-refractivity contribution in [2.75, 3.05) is 21.1 Å². The van der Waals surface area contributed by atoms with E-state index in [0.717, 1.165) is 10.2 Å². The van der Waals surface area contributed by atoms with Crippen molar-refractivity contribution in [3.05, 3.63) is 0 Å². The predicted molar refractivity (Wildman–Crippen MR) is 38.4 cm³/mol. The van der Waals surface area contributed by atoms with E-state index in [-0.39, 0.29) is 0 Å². The SMILES string of the molecule is C#C[SiH3].CN(C)C. The number of terminal acetylenes is 1. The summed E-state index contributed by atoms with van der Waals surface area (Å²) in [4.78, 5) is 2.00. The van der Waals surface area contributed by atoms with E-state index in [4.69, 9.17) is 0 Å². The van der Waals surface area contributed by atoms with Crippen LogP contribution in [0.4, 0.5) is 0 Å². The molecule has 0 aliphatic carbocycles. The van der Waals surface area contributed by atoms with Crippen molar-refractivity contribution in [1.82, 2.24) is 4.90 Å². The van der Waals surface area contributed by atoms with Crippen molar-refractivity contribution < 1.29 is 0 Å². The van der Waals surface area contributed by atoms with Crippen molar-refractivity contribution in [2.45, 2.75) is 0 Å². The Bertz CT molecular complexity index is 50.8. The van der Waals surface area contributed by atoms with E-state index in [9.17, 15) is 0 Å². The van der Waals surface area contributed by atoms with E-state index in [0.29, 0.717) is 0 Å². The molecule has 0 unspecified atom stereocenters. The van der Waals surface area contributed by atoms with Crippen LogP contribution < -0.4 is 0 Å². The van der Waals surface area contributed by atoms with E-state index >= 15 is 0 Å². The van der Waals surface area contributed by atoms with Crippen LogP contribution in [0.2, 0.25) is 0 Å². The lowest BCUT2D eigenvalue weighted by Gasteiger charge is -1.90. The maximum atomic E-state index is 4.66. The molecule has 7 heavy (non-hydrogen) atoms. The monoisotopic (exact) mass is 115 g/mol. The second kappa shape index (κ2) is 9.22. The molecule has 0 aliphatic rings. The quantitative estimate of drug-likeness (QED) is 0.293. The molecule has 0 aromatic carbocycles. The maximum Gasteiger partial charge on any atom is 0.0902 e. The molecule has 0 aromatic heterocycles. The minimum absolute atomic E-state index is 0.897. The predicted octanol–water partition coefficient (Wildman–Crippen LogP) is -0.880. The largest absolute Gasteiger partial charge is 0.312 e. The maximum absolute atomic E-state index is 4.66. The summed E-state index contributed by atoms with van der Waals surface area (Å²) < 4.78 is 0. The highest BCUT2D eigenvalue weighted by Gasteiger charge is 1.58. The van der Waals surface area contributed by atoms with Gasteiger partial charge in [0.2, 0.25) is 0 Å². The van der Waals surface area contributed by atoms with Crippen LogP contribution in [0, 0.1) is 12.0 Å². The zero-order valence-electron chi connectivity index (χ0n) is 5.52. The standard InChI is InChI=1S/C3H9N.C2H4Si/c1-4(2)3;1-2-3/h1-3H3;1H,3H3. The average Bonchev–Trinajstić information content (AvgIpc) is 1.33. The van der Waals surface area contributed by atoms with E-state index in [1.807, 2.05) is 26.0 Å². The van der Waals surface area contributed by atoms with E-state index in [1.165, 1.54) is 0 Å². The number of nitrogens with zero attached hydrogens (tertiary/aromatic N) is 1. The molecule has 0 radical (unpaired) electrons. The minimum atomic E-state index is 0.897. The van der Waals surface area contributed by atoms with Crippen LogP contribution in [0.15, 0.2) is 0 Å². The van der Waals surface area contributed by atoms with Crippen LogP contribution in [0.25, 0.3) is 0 Å². The molecule has 0 saturated heterocycles. The fourth-order valence-electron chi connectivity index (χ4n) is 0. The third kappa shape index (κ3) is 1160. The summed E-state index contributed by atoms with van der Waals surface area (Å²) in [5.74, 6) is 0. The lowest BCUT2D eigenvalue weighted by molar-refractivity contribution is 0.505. The molecule has 42 valence electrons. The van der Waals surface area contributed by atoms with Gasteiger partial charge in [0, 0.05) is 0 Å².